The lowest BCUT2D eigenvalue weighted by molar-refractivity contribution is 0.804. The Morgan fingerprint density at radius 2 is 2.31 bits per heavy atom. The van der Waals surface area contributed by atoms with Crippen LogP contribution in [0.3, 0.4) is 0 Å². The molecule has 2 nitrogen and oxygen atoms in total. The van der Waals surface area contributed by atoms with E-state index in [1.54, 1.807) is 0 Å². The van der Waals surface area contributed by atoms with Crippen LogP contribution in [0, 0.1) is 0 Å². The van der Waals surface area contributed by atoms with Gasteiger partial charge in [0.1, 0.15) is 0 Å². The molecule has 0 fully saturated rings. The fraction of sp³-hybridized carbons (Fsp3) is 0.462. The van der Waals surface area contributed by atoms with Crippen LogP contribution >= 0.6 is 15.9 Å². The van der Waals surface area contributed by atoms with Crippen molar-refractivity contribution in [3.63, 3.8) is 0 Å². The van der Waals surface area contributed by atoms with E-state index in [0.29, 0.717) is 0 Å². The maximum atomic E-state index is 5.55. The number of aryl methyl sites for hydroxylation is 1. The summed E-state index contributed by atoms with van der Waals surface area (Å²) in [6, 6.07) is 2.14. The number of allylic oxidation sites excluding steroid dienone is 2. The van der Waals surface area contributed by atoms with E-state index in [2.05, 4.69) is 27.0 Å². The SMILES string of the molecule is NCCC/C(Br)=C1/CCCc2ccncc21. The quantitative estimate of drug-likeness (QED) is 0.923. The minimum absolute atomic E-state index is 0.752. The largest absolute Gasteiger partial charge is 0.330 e. The van der Waals surface area contributed by atoms with Crippen LogP contribution in [0.4, 0.5) is 0 Å². The van der Waals surface area contributed by atoms with Gasteiger partial charge in [0, 0.05) is 12.4 Å². The van der Waals surface area contributed by atoms with E-state index in [9.17, 15) is 0 Å². The Bertz CT molecular complexity index is 399. The highest BCUT2D eigenvalue weighted by atomic mass is 79.9. The third kappa shape index (κ3) is 2.53. The molecule has 1 aliphatic carbocycles. The van der Waals surface area contributed by atoms with Crippen molar-refractivity contribution in [2.24, 2.45) is 5.73 Å². The molecule has 2 rings (SSSR count). The first-order chi connectivity index (χ1) is 7.83. The summed E-state index contributed by atoms with van der Waals surface area (Å²) in [5, 5.41) is 0. The van der Waals surface area contributed by atoms with Crippen LogP contribution < -0.4 is 5.73 Å². The first-order valence-electron chi connectivity index (χ1n) is 5.83. The number of fused-ring (bicyclic) bond motifs is 1. The summed E-state index contributed by atoms with van der Waals surface area (Å²) in [5.41, 5.74) is 9.74. The van der Waals surface area contributed by atoms with Gasteiger partial charge in [0.25, 0.3) is 0 Å². The van der Waals surface area contributed by atoms with Gasteiger partial charge in [0.2, 0.25) is 0 Å². The second-order valence-corrected chi connectivity index (χ2v) is 5.12. The molecule has 0 aliphatic heterocycles. The van der Waals surface area contributed by atoms with Gasteiger partial charge in [0.05, 0.1) is 0 Å². The van der Waals surface area contributed by atoms with Crippen LogP contribution in [-0.2, 0) is 6.42 Å². The van der Waals surface area contributed by atoms with Crippen molar-refractivity contribution in [3.05, 3.63) is 34.1 Å². The highest BCUT2D eigenvalue weighted by Gasteiger charge is 2.16. The summed E-state index contributed by atoms with van der Waals surface area (Å²) in [4.78, 5) is 4.23. The molecule has 1 heterocycles. The molecule has 0 bridgehead atoms. The Labute approximate surface area is 105 Å². The number of hydrogen-bond donors (Lipinski definition) is 1. The van der Waals surface area contributed by atoms with E-state index < -0.39 is 0 Å². The zero-order valence-corrected chi connectivity index (χ0v) is 11.0. The van der Waals surface area contributed by atoms with E-state index in [4.69, 9.17) is 5.73 Å². The third-order valence-corrected chi connectivity index (χ3v) is 3.91. The second kappa shape index (κ2) is 5.60. The molecular weight excluding hydrogens is 264 g/mol. The molecule has 0 spiro atoms. The molecule has 0 amide bonds. The lowest BCUT2D eigenvalue weighted by Crippen LogP contribution is -2.04. The lowest BCUT2D eigenvalue weighted by atomic mass is 9.88. The van der Waals surface area contributed by atoms with Crippen LogP contribution in [0.15, 0.2) is 22.9 Å². The smallest absolute Gasteiger partial charge is 0.0346 e. The highest BCUT2D eigenvalue weighted by molar-refractivity contribution is 9.11. The first-order valence-corrected chi connectivity index (χ1v) is 6.63. The van der Waals surface area contributed by atoms with Crippen molar-refractivity contribution in [2.45, 2.75) is 32.1 Å². The van der Waals surface area contributed by atoms with Crippen molar-refractivity contribution in [1.82, 2.24) is 4.98 Å². The Kier molecular flexibility index (Phi) is 4.13. The molecule has 0 unspecified atom stereocenters. The summed E-state index contributed by atoms with van der Waals surface area (Å²) in [7, 11) is 0. The summed E-state index contributed by atoms with van der Waals surface area (Å²) < 4.78 is 1.31. The molecule has 86 valence electrons. The molecule has 0 atom stereocenters. The minimum Gasteiger partial charge on any atom is -0.330 e. The number of aromatic nitrogens is 1. The minimum atomic E-state index is 0.752. The topological polar surface area (TPSA) is 38.9 Å². The lowest BCUT2D eigenvalue weighted by Gasteiger charge is -2.20. The number of nitrogens with zero attached hydrogens (tertiary/aromatic N) is 1. The highest BCUT2D eigenvalue weighted by Crippen LogP contribution is 2.35. The monoisotopic (exact) mass is 280 g/mol. The Morgan fingerprint density at radius 1 is 1.44 bits per heavy atom. The van der Waals surface area contributed by atoms with Crippen molar-refractivity contribution in [3.8, 4) is 0 Å². The zero-order valence-electron chi connectivity index (χ0n) is 9.38. The van der Waals surface area contributed by atoms with Crippen molar-refractivity contribution < 1.29 is 0 Å². The molecule has 0 saturated carbocycles. The third-order valence-electron chi connectivity index (χ3n) is 3.04. The van der Waals surface area contributed by atoms with E-state index in [-0.39, 0.29) is 0 Å². The maximum Gasteiger partial charge on any atom is 0.0346 e. The van der Waals surface area contributed by atoms with Gasteiger partial charge in [-0.15, -0.1) is 0 Å². The molecule has 1 aromatic rings. The van der Waals surface area contributed by atoms with E-state index in [1.807, 2.05) is 12.4 Å². The second-order valence-electron chi connectivity index (χ2n) is 4.16. The van der Waals surface area contributed by atoms with Crippen molar-refractivity contribution in [2.75, 3.05) is 6.54 Å². The molecule has 3 heteroatoms. The van der Waals surface area contributed by atoms with Gasteiger partial charge in [-0.05, 0) is 65.9 Å². The fourth-order valence-corrected chi connectivity index (χ4v) is 2.89. The van der Waals surface area contributed by atoms with Gasteiger partial charge in [-0.1, -0.05) is 15.9 Å². The van der Waals surface area contributed by atoms with Crippen LogP contribution in [0.2, 0.25) is 0 Å². The molecule has 0 aromatic carbocycles. The molecule has 16 heavy (non-hydrogen) atoms. The molecule has 1 aromatic heterocycles. The molecular formula is C13H17BrN2. The summed E-state index contributed by atoms with van der Waals surface area (Å²) in [6.07, 6.45) is 9.54. The van der Waals surface area contributed by atoms with Gasteiger partial charge >= 0.3 is 0 Å². The normalized spacial score (nSPS) is 18.1. The first kappa shape index (κ1) is 11.8. The Hall–Kier alpha value is -0.670. The zero-order chi connectivity index (χ0) is 11.4. The predicted octanol–water partition coefficient (Wildman–Crippen LogP) is 3.26. The van der Waals surface area contributed by atoms with E-state index >= 15 is 0 Å². The number of hydrogen-bond acceptors (Lipinski definition) is 2. The van der Waals surface area contributed by atoms with Gasteiger partial charge < -0.3 is 5.73 Å². The van der Waals surface area contributed by atoms with Gasteiger partial charge in [-0.25, -0.2) is 0 Å². The number of halogens is 1. The molecule has 1 aliphatic rings. The van der Waals surface area contributed by atoms with Crippen LogP contribution in [-0.4, -0.2) is 11.5 Å². The average Bonchev–Trinajstić information content (AvgIpc) is 2.35. The van der Waals surface area contributed by atoms with E-state index in [0.717, 1.165) is 25.8 Å². The van der Waals surface area contributed by atoms with Gasteiger partial charge in [0.15, 0.2) is 0 Å². The van der Waals surface area contributed by atoms with Crippen LogP contribution in [0.1, 0.15) is 36.8 Å². The number of rotatable bonds is 3. The fourth-order valence-electron chi connectivity index (χ4n) is 2.19. The predicted molar refractivity (Wildman–Crippen MR) is 71.3 cm³/mol. The van der Waals surface area contributed by atoms with Gasteiger partial charge in [-0.2, -0.15) is 0 Å². The molecule has 0 radical (unpaired) electrons. The Morgan fingerprint density at radius 3 is 3.12 bits per heavy atom. The van der Waals surface area contributed by atoms with Crippen molar-refractivity contribution >= 4 is 21.5 Å². The number of pyridine rings is 1. The standard InChI is InChI=1S/C13H17BrN2/c14-13(5-2-7-15)11-4-1-3-10-6-8-16-9-12(10)11/h6,8-9H,1-5,7,15H2/b13-11+. The summed E-state index contributed by atoms with van der Waals surface area (Å²) in [5.74, 6) is 0. The van der Waals surface area contributed by atoms with Crippen LogP contribution in [0.25, 0.3) is 5.57 Å². The van der Waals surface area contributed by atoms with Crippen molar-refractivity contribution in [1.29, 1.82) is 0 Å². The molecule has 2 N–H and O–H groups in total. The Balaban J connectivity index is 2.30. The van der Waals surface area contributed by atoms with E-state index in [1.165, 1.54) is 34.0 Å². The molecule has 0 saturated heterocycles. The average molecular weight is 281 g/mol. The summed E-state index contributed by atoms with van der Waals surface area (Å²) >= 11 is 3.71. The van der Waals surface area contributed by atoms with Crippen LogP contribution in [0.5, 0.6) is 0 Å². The maximum absolute atomic E-state index is 5.55. The number of nitrogens with two attached hydrogens (primary N) is 1. The van der Waals surface area contributed by atoms with Gasteiger partial charge in [-0.3, -0.25) is 4.98 Å². The summed E-state index contributed by atoms with van der Waals surface area (Å²) in [6.45, 7) is 0.752.